The van der Waals surface area contributed by atoms with Crippen LogP contribution in [0.25, 0.3) is 0 Å². The van der Waals surface area contributed by atoms with E-state index in [1.54, 1.807) is 0 Å². The Labute approximate surface area is 171 Å². The van der Waals surface area contributed by atoms with Crippen LogP contribution in [0.4, 0.5) is 0 Å². The van der Waals surface area contributed by atoms with Gasteiger partial charge in [-0.2, -0.15) is 0 Å². The molecule has 1 atom stereocenters. The van der Waals surface area contributed by atoms with Gasteiger partial charge in [-0.15, -0.1) is 5.10 Å². The zero-order valence-corrected chi connectivity index (χ0v) is 17.3. The molecule has 2 aliphatic rings. The molecule has 2 aliphatic heterocycles. The number of fused-ring (bicyclic) bond motifs is 1. The summed E-state index contributed by atoms with van der Waals surface area (Å²) < 4.78 is 13.2. The molecular weight excluding hydrogens is 370 g/mol. The van der Waals surface area contributed by atoms with Gasteiger partial charge in [0.15, 0.2) is 17.2 Å². The smallest absolute Gasteiger partial charge is 0.274 e. The number of nitrogens with one attached hydrogen (secondary N) is 2. The van der Waals surface area contributed by atoms with Crippen LogP contribution in [0.5, 0.6) is 11.5 Å². The first-order chi connectivity index (χ1) is 14.0. The van der Waals surface area contributed by atoms with Gasteiger partial charge in [-0.05, 0) is 56.5 Å². The fourth-order valence-electron chi connectivity index (χ4n) is 4.05. The topological polar surface area (TPSA) is 90.3 Å². The summed E-state index contributed by atoms with van der Waals surface area (Å²) in [4.78, 5) is 13.0. The molecule has 0 bridgehead atoms. The number of rotatable bonds is 5. The van der Waals surface area contributed by atoms with Gasteiger partial charge in [0.25, 0.3) is 5.91 Å². The van der Waals surface area contributed by atoms with Crippen molar-refractivity contribution in [3.63, 3.8) is 0 Å². The van der Waals surface area contributed by atoms with E-state index in [1.165, 1.54) is 0 Å². The molecule has 0 aliphatic carbocycles. The zero-order chi connectivity index (χ0) is 20.4. The van der Waals surface area contributed by atoms with Crippen LogP contribution < -0.4 is 20.1 Å². The molecule has 0 saturated carbocycles. The lowest BCUT2D eigenvalue weighted by Crippen LogP contribution is -2.33. The van der Waals surface area contributed by atoms with Crippen molar-refractivity contribution in [3.05, 3.63) is 35.2 Å². The molecule has 8 heteroatoms. The first kappa shape index (κ1) is 19.7. The van der Waals surface area contributed by atoms with Crippen LogP contribution in [0.15, 0.2) is 18.2 Å². The van der Waals surface area contributed by atoms with E-state index in [0.29, 0.717) is 24.9 Å². The average Bonchev–Trinajstić information content (AvgIpc) is 3.13. The average molecular weight is 399 g/mol. The molecule has 1 unspecified atom stereocenters. The Balaban J connectivity index is 1.53. The fourth-order valence-corrected chi connectivity index (χ4v) is 4.05. The van der Waals surface area contributed by atoms with Gasteiger partial charge in [0.05, 0.1) is 17.8 Å². The number of aromatic nitrogens is 3. The van der Waals surface area contributed by atoms with Gasteiger partial charge >= 0.3 is 0 Å². The number of hydrogen-bond donors (Lipinski definition) is 2. The van der Waals surface area contributed by atoms with Crippen LogP contribution >= 0.6 is 0 Å². The normalized spacial score (nSPS) is 17.9. The molecular formula is C21H29N5O3. The first-order valence-electron chi connectivity index (χ1n) is 10.4. The van der Waals surface area contributed by atoms with E-state index in [1.807, 2.05) is 29.8 Å². The van der Waals surface area contributed by atoms with Crippen molar-refractivity contribution in [2.24, 2.45) is 5.92 Å². The van der Waals surface area contributed by atoms with Crippen molar-refractivity contribution in [1.82, 2.24) is 25.6 Å². The van der Waals surface area contributed by atoms with E-state index < -0.39 is 0 Å². The number of amides is 1. The third-order valence-corrected chi connectivity index (χ3v) is 5.68. The Hall–Kier alpha value is -2.61. The highest BCUT2D eigenvalue weighted by Crippen LogP contribution is 2.34. The van der Waals surface area contributed by atoms with Crippen LogP contribution in [-0.4, -0.2) is 47.2 Å². The molecule has 4 rings (SSSR count). The molecule has 8 nitrogen and oxygen atoms in total. The maximum atomic E-state index is 13.0. The summed E-state index contributed by atoms with van der Waals surface area (Å²) in [6.45, 7) is 9.11. The van der Waals surface area contributed by atoms with E-state index in [4.69, 9.17) is 9.47 Å². The molecule has 1 fully saturated rings. The van der Waals surface area contributed by atoms with E-state index >= 15 is 0 Å². The molecule has 2 aromatic rings. The number of benzene rings is 1. The lowest BCUT2D eigenvalue weighted by molar-refractivity contribution is 0.0919. The quantitative estimate of drug-likeness (QED) is 0.802. The summed E-state index contributed by atoms with van der Waals surface area (Å²) in [5, 5.41) is 15.0. The SMILES string of the molecule is Cc1c(C(=O)NC(c2ccc3c(c2)OCCO3)C(C)C)nnn1C1CCNCC1. The molecule has 2 N–H and O–H groups in total. The van der Waals surface area contributed by atoms with Crippen LogP contribution in [-0.2, 0) is 0 Å². The second-order valence-corrected chi connectivity index (χ2v) is 8.05. The van der Waals surface area contributed by atoms with Crippen molar-refractivity contribution in [2.45, 2.75) is 45.7 Å². The Bertz CT molecular complexity index is 873. The third-order valence-electron chi connectivity index (χ3n) is 5.68. The predicted octanol–water partition coefficient (Wildman–Crippen LogP) is 2.41. The van der Waals surface area contributed by atoms with Gasteiger partial charge in [-0.1, -0.05) is 25.1 Å². The Morgan fingerprint density at radius 1 is 1.21 bits per heavy atom. The van der Waals surface area contributed by atoms with Gasteiger partial charge in [0.2, 0.25) is 0 Å². The number of carbonyl (C=O) groups is 1. The van der Waals surface area contributed by atoms with Gasteiger partial charge in [-0.3, -0.25) is 4.79 Å². The molecule has 1 aromatic carbocycles. The summed E-state index contributed by atoms with van der Waals surface area (Å²) >= 11 is 0. The molecule has 1 saturated heterocycles. The van der Waals surface area contributed by atoms with Crippen LogP contribution in [0.2, 0.25) is 0 Å². The molecule has 156 valence electrons. The van der Waals surface area contributed by atoms with E-state index in [9.17, 15) is 4.79 Å². The highest BCUT2D eigenvalue weighted by molar-refractivity contribution is 5.93. The Morgan fingerprint density at radius 3 is 2.66 bits per heavy atom. The molecule has 3 heterocycles. The van der Waals surface area contributed by atoms with Crippen molar-refractivity contribution < 1.29 is 14.3 Å². The highest BCUT2D eigenvalue weighted by Gasteiger charge is 2.26. The highest BCUT2D eigenvalue weighted by atomic mass is 16.6. The number of ether oxygens (including phenoxy) is 2. The number of nitrogens with zero attached hydrogens (tertiary/aromatic N) is 3. The van der Waals surface area contributed by atoms with E-state index in [-0.39, 0.29) is 17.9 Å². The van der Waals surface area contributed by atoms with Crippen molar-refractivity contribution >= 4 is 5.91 Å². The van der Waals surface area contributed by atoms with E-state index in [0.717, 1.165) is 48.7 Å². The second kappa shape index (κ2) is 8.41. The van der Waals surface area contributed by atoms with Gasteiger partial charge in [0.1, 0.15) is 13.2 Å². The summed E-state index contributed by atoms with van der Waals surface area (Å²) in [6, 6.07) is 5.98. The number of piperidine rings is 1. The van der Waals surface area contributed by atoms with Crippen molar-refractivity contribution in [3.8, 4) is 11.5 Å². The standard InChI is InChI=1S/C21H29N5O3/c1-13(2)19(15-4-5-17-18(12-15)29-11-10-28-17)23-21(27)20-14(3)26(25-24-20)16-6-8-22-9-7-16/h4-5,12-13,16,19,22H,6-11H2,1-3H3,(H,23,27). The second-order valence-electron chi connectivity index (χ2n) is 8.05. The number of carbonyl (C=O) groups excluding carboxylic acids is 1. The zero-order valence-electron chi connectivity index (χ0n) is 17.3. The monoisotopic (exact) mass is 399 g/mol. The molecule has 29 heavy (non-hydrogen) atoms. The minimum absolute atomic E-state index is 0.165. The largest absolute Gasteiger partial charge is 0.486 e. The summed E-state index contributed by atoms with van der Waals surface area (Å²) in [5.41, 5.74) is 2.20. The number of hydrogen-bond acceptors (Lipinski definition) is 6. The lowest BCUT2D eigenvalue weighted by Gasteiger charge is -2.25. The molecule has 1 aromatic heterocycles. The maximum Gasteiger partial charge on any atom is 0.274 e. The predicted molar refractivity (Wildman–Crippen MR) is 108 cm³/mol. The van der Waals surface area contributed by atoms with Gasteiger partial charge in [-0.25, -0.2) is 4.68 Å². The lowest BCUT2D eigenvalue weighted by atomic mass is 9.95. The van der Waals surface area contributed by atoms with Gasteiger partial charge < -0.3 is 20.1 Å². The molecule has 0 spiro atoms. The first-order valence-corrected chi connectivity index (χ1v) is 10.4. The van der Waals surface area contributed by atoms with Crippen molar-refractivity contribution in [1.29, 1.82) is 0 Å². The minimum Gasteiger partial charge on any atom is -0.486 e. The van der Waals surface area contributed by atoms with Crippen LogP contribution in [0.1, 0.15) is 60.5 Å². The minimum atomic E-state index is -0.198. The Morgan fingerprint density at radius 2 is 1.93 bits per heavy atom. The van der Waals surface area contributed by atoms with Crippen LogP contribution in [0, 0.1) is 12.8 Å². The molecule has 1 amide bonds. The van der Waals surface area contributed by atoms with Crippen molar-refractivity contribution in [2.75, 3.05) is 26.3 Å². The van der Waals surface area contributed by atoms with E-state index in [2.05, 4.69) is 34.8 Å². The van der Waals surface area contributed by atoms with Gasteiger partial charge in [0, 0.05) is 0 Å². The Kier molecular flexibility index (Phi) is 5.71. The third kappa shape index (κ3) is 4.07. The summed E-state index contributed by atoms with van der Waals surface area (Å²) in [5.74, 6) is 1.47. The maximum absolute atomic E-state index is 13.0. The van der Waals surface area contributed by atoms with Crippen LogP contribution in [0.3, 0.4) is 0 Å². The molecule has 0 radical (unpaired) electrons. The summed E-state index contributed by atoms with van der Waals surface area (Å²) in [7, 11) is 0. The fraction of sp³-hybridized carbons (Fsp3) is 0.571. The summed E-state index contributed by atoms with van der Waals surface area (Å²) in [6.07, 6.45) is 1.99.